The van der Waals surface area contributed by atoms with Crippen molar-refractivity contribution < 1.29 is 27.8 Å². The average Bonchev–Trinajstić information content (AvgIpc) is 3.16. The number of H-pyrrole nitrogens is 1. The number of aromatic nitrogens is 3. The van der Waals surface area contributed by atoms with Gasteiger partial charge in [0.15, 0.2) is 6.10 Å². The van der Waals surface area contributed by atoms with Crippen molar-refractivity contribution >= 4 is 22.7 Å². The molecule has 1 atom stereocenters. The molecule has 37 heavy (non-hydrogen) atoms. The zero-order valence-corrected chi connectivity index (χ0v) is 20.5. The third-order valence-corrected chi connectivity index (χ3v) is 5.92. The minimum absolute atomic E-state index is 0.0287. The van der Waals surface area contributed by atoms with E-state index in [1.165, 1.54) is 19.1 Å². The monoisotopic (exact) mass is 509 g/mol. The Morgan fingerprint density at radius 3 is 2.49 bits per heavy atom. The van der Waals surface area contributed by atoms with Crippen molar-refractivity contribution in [3.05, 3.63) is 87.7 Å². The van der Waals surface area contributed by atoms with Crippen molar-refractivity contribution in [1.82, 2.24) is 14.5 Å². The molecule has 0 fully saturated rings. The molecule has 0 aliphatic carbocycles. The van der Waals surface area contributed by atoms with Crippen LogP contribution in [0.5, 0.6) is 5.75 Å². The zero-order valence-electron chi connectivity index (χ0n) is 20.5. The number of alkyl halides is 2. The Labute approximate surface area is 210 Å². The summed E-state index contributed by atoms with van der Waals surface area (Å²) in [7, 11) is 0. The Morgan fingerprint density at radius 1 is 1.08 bits per heavy atom. The molecule has 0 saturated heterocycles. The molecule has 10 heteroatoms. The normalized spacial score (nSPS) is 12.1. The van der Waals surface area contributed by atoms with Gasteiger partial charge in [-0.25, -0.2) is 4.98 Å². The van der Waals surface area contributed by atoms with Crippen LogP contribution in [0.3, 0.4) is 0 Å². The maximum atomic E-state index is 13.1. The molecule has 8 nitrogen and oxygen atoms in total. The fraction of sp³-hybridized carbons (Fsp3) is 0.259. The number of ether oxygens (including phenoxy) is 2. The maximum absolute atomic E-state index is 13.1. The molecule has 0 spiro atoms. The third-order valence-electron chi connectivity index (χ3n) is 5.92. The Hall–Kier alpha value is -4.34. The summed E-state index contributed by atoms with van der Waals surface area (Å²) in [6.07, 6.45) is -0.947. The summed E-state index contributed by atoms with van der Waals surface area (Å²) < 4.78 is 36.4. The van der Waals surface area contributed by atoms with Gasteiger partial charge < -0.3 is 19.0 Å². The molecule has 0 radical (unpaired) electrons. The highest BCUT2D eigenvalue weighted by atomic mass is 19.3. The fourth-order valence-electron chi connectivity index (χ4n) is 4.19. The lowest BCUT2D eigenvalue weighted by molar-refractivity contribution is -0.146. The van der Waals surface area contributed by atoms with Crippen LogP contribution in [0.2, 0.25) is 0 Å². The average molecular weight is 510 g/mol. The highest BCUT2D eigenvalue weighted by molar-refractivity contribution is 6.01. The topological polar surface area (TPSA) is 103 Å². The number of hydrogen-bond acceptors (Lipinski definition) is 6. The number of rotatable bonds is 9. The van der Waals surface area contributed by atoms with E-state index in [1.807, 2.05) is 0 Å². The predicted molar refractivity (Wildman–Crippen MR) is 132 cm³/mol. The van der Waals surface area contributed by atoms with Gasteiger partial charge in [0.2, 0.25) is 5.78 Å². The number of nitrogens with zero attached hydrogens (tertiary/aromatic N) is 2. The number of hydrogen-bond donors (Lipinski definition) is 1. The van der Waals surface area contributed by atoms with Crippen molar-refractivity contribution in [3.8, 4) is 11.4 Å². The second-order valence-electron chi connectivity index (χ2n) is 8.52. The van der Waals surface area contributed by atoms with Crippen LogP contribution in [0, 0.1) is 13.8 Å². The lowest BCUT2D eigenvalue weighted by atomic mass is 10.1. The summed E-state index contributed by atoms with van der Waals surface area (Å²) in [5.41, 5.74) is 2.65. The Balaban J connectivity index is 1.42. The van der Waals surface area contributed by atoms with Gasteiger partial charge in [0.05, 0.1) is 17.3 Å². The van der Waals surface area contributed by atoms with E-state index in [0.717, 1.165) is 5.69 Å². The van der Waals surface area contributed by atoms with Gasteiger partial charge in [-0.1, -0.05) is 12.1 Å². The number of carbonyl (C=O) groups excluding carboxylic acids is 2. The molecule has 0 aliphatic heterocycles. The Bertz CT molecular complexity index is 1510. The molecular weight excluding hydrogens is 484 g/mol. The van der Waals surface area contributed by atoms with Gasteiger partial charge in [-0.15, -0.1) is 0 Å². The largest absolute Gasteiger partial charge is 0.454 e. The van der Waals surface area contributed by atoms with Crippen LogP contribution < -0.4 is 10.3 Å². The zero-order chi connectivity index (χ0) is 26.7. The van der Waals surface area contributed by atoms with Crippen molar-refractivity contribution in [2.24, 2.45) is 0 Å². The second kappa shape index (κ2) is 10.7. The van der Waals surface area contributed by atoms with Crippen LogP contribution in [0.4, 0.5) is 8.78 Å². The quantitative estimate of drug-likeness (QED) is 0.260. The number of carbonyl (C=O) groups is 2. The third kappa shape index (κ3) is 5.74. The minimum atomic E-state index is -2.92. The second-order valence-corrected chi connectivity index (χ2v) is 8.52. The van der Waals surface area contributed by atoms with E-state index in [9.17, 15) is 23.2 Å². The van der Waals surface area contributed by atoms with Crippen molar-refractivity contribution in [3.63, 3.8) is 0 Å². The van der Waals surface area contributed by atoms with Gasteiger partial charge in [-0.2, -0.15) is 8.78 Å². The molecule has 0 unspecified atom stereocenters. The Morgan fingerprint density at radius 2 is 1.78 bits per heavy atom. The summed E-state index contributed by atoms with van der Waals surface area (Å²) in [6.45, 7) is 2.14. The van der Waals surface area contributed by atoms with Gasteiger partial charge >= 0.3 is 12.6 Å². The first-order chi connectivity index (χ1) is 17.6. The van der Waals surface area contributed by atoms with Crippen LogP contribution in [-0.4, -0.2) is 39.0 Å². The number of nitrogens with one attached hydrogen (secondary N) is 1. The summed E-state index contributed by atoms with van der Waals surface area (Å²) in [6, 6.07) is 14.7. The number of aryl methyl sites for hydroxylation is 2. The number of fused-ring (bicyclic) bond motifs is 1. The Kier molecular flexibility index (Phi) is 7.47. The molecule has 0 saturated carbocycles. The minimum Gasteiger partial charge on any atom is -0.454 e. The van der Waals surface area contributed by atoms with E-state index >= 15 is 0 Å². The maximum Gasteiger partial charge on any atom is 0.387 e. The fourth-order valence-corrected chi connectivity index (χ4v) is 4.19. The van der Waals surface area contributed by atoms with Gasteiger partial charge in [-0.3, -0.25) is 14.4 Å². The van der Waals surface area contributed by atoms with Gasteiger partial charge in [0.1, 0.15) is 11.6 Å². The summed E-state index contributed by atoms with van der Waals surface area (Å²) in [4.78, 5) is 44.7. The number of para-hydroxylation sites is 1. The summed E-state index contributed by atoms with van der Waals surface area (Å²) in [5.74, 6) is -0.586. The number of ketones is 1. The molecule has 2 heterocycles. The first-order valence-corrected chi connectivity index (χ1v) is 11.6. The molecule has 1 N–H and O–H groups in total. The smallest absolute Gasteiger partial charge is 0.387 e. The molecule has 4 aromatic rings. The predicted octanol–water partition coefficient (Wildman–Crippen LogP) is 4.68. The van der Waals surface area contributed by atoms with Crippen molar-refractivity contribution in [2.45, 2.75) is 46.3 Å². The van der Waals surface area contributed by atoms with E-state index in [1.54, 1.807) is 60.9 Å². The van der Waals surface area contributed by atoms with E-state index < -0.39 is 18.7 Å². The first-order valence-electron chi connectivity index (χ1n) is 11.6. The first kappa shape index (κ1) is 25.7. The van der Waals surface area contributed by atoms with Crippen LogP contribution >= 0.6 is 0 Å². The van der Waals surface area contributed by atoms with E-state index in [-0.39, 0.29) is 29.9 Å². The molecule has 2 aromatic heterocycles. The van der Waals surface area contributed by atoms with Crippen molar-refractivity contribution in [1.29, 1.82) is 0 Å². The number of aromatic amines is 1. The lowest BCUT2D eigenvalue weighted by Gasteiger charge is -2.14. The number of Topliss-reactive ketones (excluding diaryl/α,β-unsaturated/α-hetero) is 1. The SMILES string of the molecule is Cc1cc(C(=O)[C@@H](C)OC(=O)CCc2nc3ccccc3c(=O)[nH]2)c(C)n1-c1ccc(OC(F)F)cc1. The molecule has 0 amide bonds. The number of esters is 1. The molecule has 2 aromatic carbocycles. The molecule has 192 valence electrons. The van der Waals surface area contributed by atoms with E-state index in [2.05, 4.69) is 14.7 Å². The van der Waals surface area contributed by atoms with Crippen LogP contribution in [0.1, 0.15) is 40.9 Å². The molecule has 0 bridgehead atoms. The lowest BCUT2D eigenvalue weighted by Crippen LogP contribution is -2.25. The van der Waals surface area contributed by atoms with Crippen LogP contribution in [-0.2, 0) is 16.0 Å². The molecule has 4 rings (SSSR count). The summed E-state index contributed by atoms with van der Waals surface area (Å²) in [5, 5.41) is 0.461. The van der Waals surface area contributed by atoms with E-state index in [0.29, 0.717) is 33.7 Å². The molecule has 0 aliphatic rings. The van der Waals surface area contributed by atoms with Crippen LogP contribution in [0.25, 0.3) is 16.6 Å². The highest BCUT2D eigenvalue weighted by Crippen LogP contribution is 2.25. The van der Waals surface area contributed by atoms with Gasteiger partial charge in [0, 0.05) is 29.1 Å². The number of halogens is 2. The molecular formula is C27H25F2N3O5. The van der Waals surface area contributed by atoms with Crippen LogP contribution in [0.15, 0.2) is 59.4 Å². The summed E-state index contributed by atoms with van der Waals surface area (Å²) >= 11 is 0. The van der Waals surface area contributed by atoms with Gasteiger partial charge in [-0.05, 0) is 63.2 Å². The van der Waals surface area contributed by atoms with E-state index in [4.69, 9.17) is 4.74 Å². The van der Waals surface area contributed by atoms with Gasteiger partial charge in [0.25, 0.3) is 5.56 Å². The van der Waals surface area contributed by atoms with Crippen molar-refractivity contribution in [2.75, 3.05) is 0 Å². The number of benzene rings is 2. The standard InChI is InChI=1S/C27H25F2N3O5/c1-15-14-21(16(2)32(15)18-8-10-19(11-9-18)37-27(28)29)25(34)17(3)36-24(33)13-12-23-30-22-7-5-4-6-20(22)26(35)31-23/h4-11,14,17,27H,12-13H2,1-3H3,(H,30,31,35)/t17-/m1/s1. The highest BCUT2D eigenvalue weighted by Gasteiger charge is 2.24.